The Bertz CT molecular complexity index is 737. The fourth-order valence-corrected chi connectivity index (χ4v) is 3.13. The number of ether oxygens (including phenoxy) is 1. The van der Waals surface area contributed by atoms with Crippen molar-refractivity contribution in [2.75, 3.05) is 0 Å². The first-order valence-electron chi connectivity index (χ1n) is 8.53. The number of nitrogens with one attached hydrogen (secondary N) is 3. The molecule has 0 aromatic heterocycles. The van der Waals surface area contributed by atoms with Crippen LogP contribution in [0.25, 0.3) is 0 Å². The van der Waals surface area contributed by atoms with Crippen LogP contribution in [0, 0.1) is 11.7 Å². The Labute approximate surface area is 152 Å². The summed E-state index contributed by atoms with van der Waals surface area (Å²) in [5, 5.41) is 8.37. The molecule has 27 heavy (non-hydrogen) atoms. The van der Waals surface area contributed by atoms with Gasteiger partial charge >= 0.3 is 6.36 Å². The summed E-state index contributed by atoms with van der Waals surface area (Å²) in [6.07, 6.45) is -3.76. The van der Waals surface area contributed by atoms with Gasteiger partial charge in [-0.2, -0.15) is 0 Å². The van der Waals surface area contributed by atoms with Crippen molar-refractivity contribution in [3.05, 3.63) is 29.6 Å². The number of carbonyl (C=O) groups excluding carboxylic acids is 2. The van der Waals surface area contributed by atoms with E-state index < -0.39 is 35.9 Å². The second-order valence-electron chi connectivity index (χ2n) is 6.77. The molecule has 1 aromatic rings. The minimum Gasteiger partial charge on any atom is -0.403 e. The van der Waals surface area contributed by atoms with Crippen LogP contribution in [0.15, 0.2) is 18.2 Å². The predicted octanol–water partition coefficient (Wildman–Crippen LogP) is 2.12. The Morgan fingerprint density at radius 1 is 1.33 bits per heavy atom. The van der Waals surface area contributed by atoms with Crippen LogP contribution >= 0.6 is 0 Å². The third-order valence-corrected chi connectivity index (χ3v) is 4.47. The van der Waals surface area contributed by atoms with Crippen molar-refractivity contribution in [1.29, 1.82) is 0 Å². The first-order chi connectivity index (χ1) is 12.6. The van der Waals surface area contributed by atoms with Gasteiger partial charge in [0.15, 0.2) is 11.6 Å². The van der Waals surface area contributed by atoms with Crippen LogP contribution in [-0.2, 0) is 9.59 Å². The summed E-state index contributed by atoms with van der Waals surface area (Å²) in [7, 11) is 0. The predicted molar refractivity (Wildman–Crippen MR) is 85.8 cm³/mol. The maximum Gasteiger partial charge on any atom is 0.573 e. The van der Waals surface area contributed by atoms with Gasteiger partial charge in [-0.25, -0.2) is 4.39 Å². The quantitative estimate of drug-likeness (QED) is 0.674. The van der Waals surface area contributed by atoms with E-state index in [2.05, 4.69) is 20.7 Å². The van der Waals surface area contributed by atoms with Crippen molar-refractivity contribution in [1.82, 2.24) is 16.0 Å². The van der Waals surface area contributed by atoms with E-state index in [1.165, 1.54) is 6.07 Å². The van der Waals surface area contributed by atoms with Crippen LogP contribution < -0.4 is 20.7 Å². The molecule has 10 heteroatoms. The van der Waals surface area contributed by atoms with Gasteiger partial charge in [0, 0.05) is 0 Å². The highest BCUT2D eigenvalue weighted by Gasteiger charge is 2.37. The van der Waals surface area contributed by atoms with Crippen LogP contribution in [0.2, 0.25) is 0 Å². The molecule has 1 saturated carbocycles. The van der Waals surface area contributed by atoms with E-state index in [4.69, 9.17) is 0 Å². The van der Waals surface area contributed by atoms with Gasteiger partial charge in [-0.15, -0.1) is 13.2 Å². The first kappa shape index (κ1) is 19.4. The molecule has 0 spiro atoms. The molecule has 0 bridgehead atoms. The van der Waals surface area contributed by atoms with Crippen molar-refractivity contribution in [3.8, 4) is 5.75 Å². The van der Waals surface area contributed by atoms with Crippen LogP contribution in [0.1, 0.15) is 37.8 Å². The van der Waals surface area contributed by atoms with Gasteiger partial charge in [-0.05, 0) is 43.4 Å². The van der Waals surface area contributed by atoms with Crippen molar-refractivity contribution >= 4 is 11.8 Å². The minimum absolute atomic E-state index is 0.0275. The van der Waals surface area contributed by atoms with Gasteiger partial charge in [0.2, 0.25) is 11.8 Å². The number of benzene rings is 1. The highest BCUT2D eigenvalue weighted by molar-refractivity contribution is 5.89. The van der Waals surface area contributed by atoms with Crippen molar-refractivity contribution in [3.63, 3.8) is 0 Å². The SMILES string of the molecule is CC1NC(=O)CC(C(=O)N[C@@H](c2ccc(OC(F)(F)F)c(F)c2)C2CC2)N1. The number of carbonyl (C=O) groups is 2. The van der Waals surface area contributed by atoms with Crippen LogP contribution in [0.4, 0.5) is 17.6 Å². The van der Waals surface area contributed by atoms with E-state index in [0.29, 0.717) is 5.56 Å². The molecule has 1 aliphatic carbocycles. The zero-order chi connectivity index (χ0) is 19.8. The van der Waals surface area contributed by atoms with E-state index in [-0.39, 0.29) is 24.4 Å². The number of rotatable bonds is 5. The second kappa shape index (κ2) is 7.34. The average Bonchev–Trinajstić information content (AvgIpc) is 3.37. The van der Waals surface area contributed by atoms with Gasteiger partial charge in [0.05, 0.1) is 24.7 Å². The fraction of sp³-hybridized carbons (Fsp3) is 0.529. The zero-order valence-electron chi connectivity index (χ0n) is 14.4. The normalized spacial score (nSPS) is 24.1. The minimum atomic E-state index is -4.99. The molecule has 1 aromatic carbocycles. The lowest BCUT2D eigenvalue weighted by Gasteiger charge is -2.30. The largest absolute Gasteiger partial charge is 0.573 e. The molecule has 3 rings (SSSR count). The molecule has 2 amide bonds. The molecule has 3 atom stereocenters. The summed E-state index contributed by atoms with van der Waals surface area (Å²) >= 11 is 0. The molecule has 2 aliphatic rings. The highest BCUT2D eigenvalue weighted by Crippen LogP contribution is 2.42. The highest BCUT2D eigenvalue weighted by atomic mass is 19.4. The molecular weight excluding hydrogens is 370 g/mol. The van der Waals surface area contributed by atoms with Crippen molar-refractivity contribution in [2.24, 2.45) is 5.92 Å². The number of alkyl halides is 3. The van der Waals surface area contributed by atoms with E-state index in [9.17, 15) is 27.2 Å². The number of hydrogen-bond donors (Lipinski definition) is 3. The Balaban J connectivity index is 1.73. The van der Waals surface area contributed by atoms with E-state index in [1.807, 2.05) is 0 Å². The van der Waals surface area contributed by atoms with Gasteiger partial charge in [-0.1, -0.05) is 6.07 Å². The monoisotopic (exact) mass is 389 g/mol. The summed E-state index contributed by atoms with van der Waals surface area (Å²) in [4.78, 5) is 24.1. The summed E-state index contributed by atoms with van der Waals surface area (Å²) in [5.41, 5.74) is 0.353. The van der Waals surface area contributed by atoms with Crippen LogP contribution in [0.5, 0.6) is 5.75 Å². The zero-order valence-corrected chi connectivity index (χ0v) is 14.4. The topological polar surface area (TPSA) is 79.5 Å². The van der Waals surface area contributed by atoms with Gasteiger partial charge in [0.25, 0.3) is 0 Å². The van der Waals surface area contributed by atoms with E-state index in [0.717, 1.165) is 25.0 Å². The summed E-state index contributed by atoms with van der Waals surface area (Å²) in [6, 6.07) is 1.86. The van der Waals surface area contributed by atoms with E-state index >= 15 is 0 Å². The lowest BCUT2D eigenvalue weighted by Crippen LogP contribution is -2.59. The number of halogens is 4. The second-order valence-corrected chi connectivity index (χ2v) is 6.77. The molecule has 2 unspecified atom stereocenters. The van der Waals surface area contributed by atoms with Crippen LogP contribution in [0.3, 0.4) is 0 Å². The van der Waals surface area contributed by atoms with Crippen molar-refractivity contribution in [2.45, 2.75) is 50.8 Å². The molecule has 1 heterocycles. The average molecular weight is 389 g/mol. The Morgan fingerprint density at radius 2 is 2.04 bits per heavy atom. The maximum atomic E-state index is 14.0. The van der Waals surface area contributed by atoms with Crippen molar-refractivity contribution < 1.29 is 31.9 Å². The Morgan fingerprint density at radius 3 is 2.59 bits per heavy atom. The lowest BCUT2D eigenvalue weighted by atomic mass is 10.0. The third-order valence-electron chi connectivity index (χ3n) is 4.47. The lowest BCUT2D eigenvalue weighted by molar-refractivity contribution is -0.275. The fourth-order valence-electron chi connectivity index (χ4n) is 3.13. The summed E-state index contributed by atoms with van der Waals surface area (Å²) in [5.74, 6) is -2.69. The summed E-state index contributed by atoms with van der Waals surface area (Å²) in [6.45, 7) is 1.70. The first-order valence-corrected chi connectivity index (χ1v) is 8.53. The number of amides is 2. The molecular formula is C17H19F4N3O3. The number of hydrogen-bond acceptors (Lipinski definition) is 4. The smallest absolute Gasteiger partial charge is 0.403 e. The Hall–Kier alpha value is -2.36. The third kappa shape index (κ3) is 5.09. The molecule has 2 fully saturated rings. The van der Waals surface area contributed by atoms with Gasteiger partial charge in [0.1, 0.15) is 0 Å². The Kier molecular flexibility index (Phi) is 5.27. The summed E-state index contributed by atoms with van der Waals surface area (Å²) < 4.78 is 54.5. The van der Waals surface area contributed by atoms with Gasteiger partial charge < -0.3 is 15.4 Å². The van der Waals surface area contributed by atoms with Crippen LogP contribution in [-0.4, -0.2) is 30.4 Å². The molecule has 6 nitrogen and oxygen atoms in total. The molecule has 1 saturated heterocycles. The van der Waals surface area contributed by atoms with Gasteiger partial charge in [-0.3, -0.25) is 14.9 Å². The van der Waals surface area contributed by atoms with E-state index in [1.54, 1.807) is 6.92 Å². The molecule has 3 N–H and O–H groups in total. The molecule has 0 radical (unpaired) electrons. The molecule has 1 aliphatic heterocycles. The maximum absolute atomic E-state index is 14.0. The standard InChI is InChI=1S/C17H19F4N3O3/c1-8-22-12(7-14(25)23-8)16(26)24-15(9-2-3-9)10-4-5-13(11(18)6-10)27-17(19,20)21/h4-6,8-9,12,15,22H,2-3,7H2,1H3,(H,23,25)(H,24,26)/t8?,12?,15-/m1/s1. The molecule has 148 valence electrons.